The first-order valence-corrected chi connectivity index (χ1v) is 8.66. The monoisotopic (exact) mass is 368 g/mol. The minimum absolute atomic E-state index is 0.0450. The highest BCUT2D eigenvalue weighted by molar-refractivity contribution is 4.84. The second-order valence-electron chi connectivity index (χ2n) is 6.42. The van der Waals surface area contributed by atoms with Crippen LogP contribution in [0.4, 0.5) is 0 Å². The number of rotatable bonds is 11. The van der Waals surface area contributed by atoms with Gasteiger partial charge in [0.25, 0.3) is 0 Å². The van der Waals surface area contributed by atoms with Crippen LogP contribution in [0, 0.1) is 0 Å². The fourth-order valence-electron chi connectivity index (χ4n) is 2.67. The minimum atomic E-state index is -1.28. The molecule has 6 N–H and O–H groups in total. The van der Waals surface area contributed by atoms with E-state index in [9.17, 15) is 25.5 Å². The summed E-state index contributed by atoms with van der Waals surface area (Å²) in [5, 5.41) is 57.2. The Labute approximate surface area is 147 Å². The van der Waals surface area contributed by atoms with E-state index in [2.05, 4.69) is 0 Å². The smallest absolute Gasteiger partial charge is 0.109 e. The van der Waals surface area contributed by atoms with Crippen LogP contribution in [0.2, 0.25) is 0 Å². The van der Waals surface area contributed by atoms with Gasteiger partial charge >= 0.3 is 0 Å². The Kier molecular flexibility index (Phi) is 10.3. The van der Waals surface area contributed by atoms with Crippen LogP contribution in [-0.4, -0.2) is 106 Å². The Morgan fingerprint density at radius 2 is 1.68 bits per heavy atom. The van der Waals surface area contributed by atoms with Crippen molar-refractivity contribution in [2.24, 2.45) is 0 Å². The molecule has 1 heterocycles. The first-order chi connectivity index (χ1) is 11.8. The van der Waals surface area contributed by atoms with E-state index in [4.69, 9.17) is 19.3 Å². The van der Waals surface area contributed by atoms with Gasteiger partial charge in [0.15, 0.2) is 0 Å². The molecule has 25 heavy (non-hydrogen) atoms. The van der Waals surface area contributed by atoms with E-state index < -0.39 is 55.9 Å². The molecule has 8 unspecified atom stereocenters. The van der Waals surface area contributed by atoms with E-state index in [1.807, 2.05) is 6.92 Å². The van der Waals surface area contributed by atoms with Gasteiger partial charge in [0.2, 0.25) is 0 Å². The van der Waals surface area contributed by atoms with Crippen molar-refractivity contribution in [2.45, 2.75) is 75.5 Å². The molecule has 8 atom stereocenters. The van der Waals surface area contributed by atoms with Gasteiger partial charge in [0.05, 0.1) is 50.8 Å². The molecule has 0 aromatic carbocycles. The Morgan fingerprint density at radius 3 is 2.20 bits per heavy atom. The molecule has 1 saturated heterocycles. The average Bonchev–Trinajstić information content (AvgIpc) is 2.58. The summed E-state index contributed by atoms with van der Waals surface area (Å²) in [6, 6.07) is 0. The first kappa shape index (κ1) is 22.7. The van der Waals surface area contributed by atoms with Crippen LogP contribution >= 0.6 is 0 Å². The van der Waals surface area contributed by atoms with Crippen molar-refractivity contribution >= 4 is 0 Å². The maximum Gasteiger partial charge on any atom is 0.109 e. The van der Waals surface area contributed by atoms with Gasteiger partial charge in [-0.3, -0.25) is 0 Å². The van der Waals surface area contributed by atoms with Gasteiger partial charge in [-0.25, -0.2) is 0 Å². The molecule has 9 nitrogen and oxygen atoms in total. The molecule has 0 saturated carbocycles. The zero-order valence-electron chi connectivity index (χ0n) is 14.8. The van der Waals surface area contributed by atoms with E-state index in [0.717, 1.165) is 0 Å². The lowest BCUT2D eigenvalue weighted by molar-refractivity contribution is -0.196. The van der Waals surface area contributed by atoms with Crippen LogP contribution in [-0.2, 0) is 14.2 Å². The third-order valence-electron chi connectivity index (χ3n) is 4.34. The number of aliphatic hydroxyl groups excluding tert-OH is 6. The third kappa shape index (κ3) is 7.05. The van der Waals surface area contributed by atoms with Gasteiger partial charge < -0.3 is 44.8 Å². The molecule has 1 aliphatic heterocycles. The summed E-state index contributed by atoms with van der Waals surface area (Å²) in [6.07, 6.45) is -5.82. The summed E-state index contributed by atoms with van der Waals surface area (Å²) in [5.41, 5.74) is 0. The second kappa shape index (κ2) is 11.4. The quantitative estimate of drug-likeness (QED) is 0.238. The molecular formula is C16H32O9. The third-order valence-corrected chi connectivity index (χ3v) is 4.34. The van der Waals surface area contributed by atoms with E-state index in [0.29, 0.717) is 6.42 Å². The predicted octanol–water partition coefficient (Wildman–Crippen LogP) is -2.23. The molecule has 0 aromatic heterocycles. The Morgan fingerprint density at radius 1 is 1.04 bits per heavy atom. The first-order valence-electron chi connectivity index (χ1n) is 8.66. The van der Waals surface area contributed by atoms with E-state index in [-0.39, 0.29) is 25.7 Å². The van der Waals surface area contributed by atoms with Crippen molar-refractivity contribution in [1.82, 2.24) is 0 Å². The van der Waals surface area contributed by atoms with Crippen LogP contribution in [0.3, 0.4) is 0 Å². The molecular weight excluding hydrogens is 336 g/mol. The van der Waals surface area contributed by atoms with Crippen molar-refractivity contribution in [1.29, 1.82) is 0 Å². The maximum absolute atomic E-state index is 9.98. The highest BCUT2D eigenvalue weighted by Gasteiger charge is 2.35. The standard InChI is InChI=1S/C16H32O9/c1-3-13-10(20)4-11(21)16(24-13)8-23-7-15(9(2)19)25-14(6-18)12(22)5-17/h9-22H,3-8H2,1-2H3. The zero-order chi connectivity index (χ0) is 19.0. The summed E-state index contributed by atoms with van der Waals surface area (Å²) in [5.74, 6) is 0. The van der Waals surface area contributed by atoms with Crippen molar-refractivity contribution < 1.29 is 44.8 Å². The van der Waals surface area contributed by atoms with Gasteiger partial charge in [-0.2, -0.15) is 0 Å². The molecule has 0 aromatic rings. The summed E-state index contributed by atoms with van der Waals surface area (Å²) in [4.78, 5) is 0. The molecule has 0 radical (unpaired) electrons. The molecule has 0 spiro atoms. The topological polar surface area (TPSA) is 149 Å². The molecule has 0 amide bonds. The number of ether oxygens (including phenoxy) is 3. The van der Waals surface area contributed by atoms with Crippen LogP contribution in [0.5, 0.6) is 0 Å². The van der Waals surface area contributed by atoms with Gasteiger partial charge in [-0.05, 0) is 13.3 Å². The van der Waals surface area contributed by atoms with Gasteiger partial charge in [-0.1, -0.05) is 6.92 Å². The number of hydrogen-bond acceptors (Lipinski definition) is 9. The van der Waals surface area contributed by atoms with Crippen LogP contribution < -0.4 is 0 Å². The maximum atomic E-state index is 9.98. The SMILES string of the molecule is CCC1OC(COCC(OC(CO)C(O)CO)C(C)O)C(O)CC1O. The summed E-state index contributed by atoms with van der Waals surface area (Å²) < 4.78 is 16.5. The number of hydrogen-bond donors (Lipinski definition) is 6. The highest BCUT2D eigenvalue weighted by atomic mass is 16.6. The predicted molar refractivity (Wildman–Crippen MR) is 86.9 cm³/mol. The molecule has 0 bridgehead atoms. The molecule has 1 fully saturated rings. The average molecular weight is 368 g/mol. The highest BCUT2D eigenvalue weighted by Crippen LogP contribution is 2.22. The molecule has 150 valence electrons. The van der Waals surface area contributed by atoms with Crippen LogP contribution in [0.1, 0.15) is 26.7 Å². The van der Waals surface area contributed by atoms with E-state index >= 15 is 0 Å². The van der Waals surface area contributed by atoms with E-state index in [1.165, 1.54) is 6.92 Å². The Balaban J connectivity index is 2.49. The van der Waals surface area contributed by atoms with Crippen molar-refractivity contribution in [3.8, 4) is 0 Å². The van der Waals surface area contributed by atoms with Crippen molar-refractivity contribution in [2.75, 3.05) is 26.4 Å². The largest absolute Gasteiger partial charge is 0.394 e. The molecule has 9 heteroatoms. The summed E-state index contributed by atoms with van der Waals surface area (Å²) >= 11 is 0. The lowest BCUT2D eigenvalue weighted by Crippen LogP contribution is -2.49. The van der Waals surface area contributed by atoms with Gasteiger partial charge in [-0.15, -0.1) is 0 Å². The fraction of sp³-hybridized carbons (Fsp3) is 1.00. The van der Waals surface area contributed by atoms with Crippen molar-refractivity contribution in [3.05, 3.63) is 0 Å². The van der Waals surface area contributed by atoms with Gasteiger partial charge in [0, 0.05) is 6.42 Å². The zero-order valence-corrected chi connectivity index (χ0v) is 14.8. The van der Waals surface area contributed by atoms with Crippen LogP contribution in [0.25, 0.3) is 0 Å². The van der Waals surface area contributed by atoms with Crippen molar-refractivity contribution in [3.63, 3.8) is 0 Å². The summed E-state index contributed by atoms with van der Waals surface area (Å²) in [7, 11) is 0. The normalized spacial score (nSPS) is 32.2. The van der Waals surface area contributed by atoms with Gasteiger partial charge in [0.1, 0.15) is 24.4 Å². The lowest BCUT2D eigenvalue weighted by atomic mass is 9.97. The molecule has 1 aliphatic rings. The number of aliphatic hydroxyl groups is 6. The molecule has 0 aliphatic carbocycles. The second-order valence-corrected chi connectivity index (χ2v) is 6.42. The minimum Gasteiger partial charge on any atom is -0.394 e. The Hall–Kier alpha value is -0.360. The van der Waals surface area contributed by atoms with E-state index in [1.54, 1.807) is 0 Å². The lowest BCUT2D eigenvalue weighted by Gasteiger charge is -2.37. The Bertz CT molecular complexity index is 354. The molecule has 1 rings (SSSR count). The summed E-state index contributed by atoms with van der Waals surface area (Å²) in [6.45, 7) is 2.24. The van der Waals surface area contributed by atoms with Crippen LogP contribution in [0.15, 0.2) is 0 Å². The fourth-order valence-corrected chi connectivity index (χ4v) is 2.67.